The highest BCUT2D eigenvalue weighted by atomic mass is 15.1. The van der Waals surface area contributed by atoms with E-state index < -0.39 is 0 Å². The van der Waals surface area contributed by atoms with Crippen molar-refractivity contribution in [2.45, 2.75) is 239 Å². The molecule has 0 saturated carbocycles. The van der Waals surface area contributed by atoms with Gasteiger partial charge in [-0.25, -0.2) is 9.97 Å². The predicted molar refractivity (Wildman–Crippen MR) is 374 cm³/mol. The highest BCUT2D eigenvalue weighted by Crippen LogP contribution is 2.09. The number of hydrogen-bond donors (Lipinski definition) is 0. The zero-order chi connectivity index (χ0) is 65.8. The van der Waals surface area contributed by atoms with Gasteiger partial charge < -0.3 is 0 Å². The van der Waals surface area contributed by atoms with Crippen LogP contribution >= 0.6 is 0 Å². The molecule has 0 N–H and O–H groups in total. The molecule has 0 unspecified atom stereocenters. The van der Waals surface area contributed by atoms with Gasteiger partial charge in [0.2, 0.25) is 0 Å². The van der Waals surface area contributed by atoms with Crippen molar-refractivity contribution in [3.8, 4) is 0 Å². The molecular weight excluding hydrogens is 1030 g/mol. The Hall–Kier alpha value is -6.09. The van der Waals surface area contributed by atoms with Crippen LogP contribution in [-0.2, 0) is 44.9 Å². The van der Waals surface area contributed by atoms with E-state index in [0.29, 0.717) is 23.7 Å². The molecule has 0 spiro atoms. The van der Waals surface area contributed by atoms with E-state index in [-0.39, 0.29) is 0 Å². The molecule has 0 fully saturated rings. The van der Waals surface area contributed by atoms with Crippen molar-refractivity contribution in [2.75, 3.05) is 0 Å². The standard InChI is InChI=1S/C10H14.3C9H13N.3C8H12N2.7C2H6/c1-9(2)8-10-6-4-3-5-7-10;1-8(2)7-9-3-5-10-6-4-9;1-8(2)6-9-4-3-5-10-7-9;1-8(2)7-9-5-3-4-6-10-9;1-7(2)5-8-6-9-3-4-10-8;1-7(2)5-8-3-4-9-6-10-8;1-7(2)6-8-4-3-5-9-10-8;7*1-2/h3-7,9H,8H2,1-2H3;3-6,8H,7H2,1-2H3;3-5,7-8H,6H2,1-2H3;3-6,8H,7H2,1-2H3;2*3-4,6-7H,5H2,1-2H3;3-5,7H,6H2,1-2H3;7*1-2H3. The molecule has 9 heteroatoms. The summed E-state index contributed by atoms with van der Waals surface area (Å²) in [6.07, 6.45) is 27.3. The van der Waals surface area contributed by atoms with Crippen molar-refractivity contribution < 1.29 is 0 Å². The third-order valence-corrected chi connectivity index (χ3v) is 9.33. The van der Waals surface area contributed by atoms with E-state index in [4.69, 9.17) is 0 Å². The van der Waals surface area contributed by atoms with Crippen molar-refractivity contribution in [2.24, 2.45) is 41.4 Å². The predicted octanol–water partition coefficient (Wildman–Crippen LogP) is 21.9. The summed E-state index contributed by atoms with van der Waals surface area (Å²) in [4.78, 5) is 28.3. The first-order valence-electron chi connectivity index (χ1n) is 32.5. The molecule has 7 rings (SSSR count). The number of pyridine rings is 3. The SMILES string of the molecule is CC.CC.CC.CC.CC.CC.CC.CC(C)Cc1ccccc1.CC(C)Cc1ccccn1.CC(C)Cc1cccnc1.CC(C)Cc1cccnn1.CC(C)Cc1ccncc1.CC(C)Cc1ccncn1.CC(C)Cc1cnccn1. The van der Waals surface area contributed by atoms with E-state index in [1.807, 2.05) is 171 Å². The lowest BCUT2D eigenvalue weighted by Crippen LogP contribution is -1.97. The molecule has 1 aromatic carbocycles. The van der Waals surface area contributed by atoms with Gasteiger partial charge in [-0.2, -0.15) is 10.2 Å². The van der Waals surface area contributed by atoms with Crippen LogP contribution in [0.15, 0.2) is 159 Å². The van der Waals surface area contributed by atoms with Gasteiger partial charge in [0.15, 0.2) is 0 Å². The van der Waals surface area contributed by atoms with Crippen molar-refractivity contribution in [3.63, 3.8) is 0 Å². The summed E-state index contributed by atoms with van der Waals surface area (Å²) in [6, 6.07) is 30.8. The summed E-state index contributed by atoms with van der Waals surface area (Å²) < 4.78 is 0. The van der Waals surface area contributed by atoms with Gasteiger partial charge in [-0.3, -0.25) is 24.9 Å². The first-order valence-corrected chi connectivity index (χ1v) is 32.5. The van der Waals surface area contributed by atoms with Gasteiger partial charge in [0.25, 0.3) is 0 Å². The maximum atomic E-state index is 4.22. The minimum absolute atomic E-state index is 0.664. The molecule has 0 amide bonds. The minimum Gasteiger partial charge on any atom is -0.265 e. The summed E-state index contributed by atoms with van der Waals surface area (Å²) in [5.41, 5.74) is 8.64. The summed E-state index contributed by atoms with van der Waals surface area (Å²) in [7, 11) is 0. The Morgan fingerprint density at radius 3 is 1.02 bits per heavy atom. The van der Waals surface area contributed by atoms with Crippen LogP contribution in [0, 0.1) is 41.4 Å². The van der Waals surface area contributed by atoms with Gasteiger partial charge in [-0.05, 0) is 152 Å². The minimum atomic E-state index is 0.664. The summed E-state index contributed by atoms with van der Waals surface area (Å²) in [5.74, 6) is 4.94. The van der Waals surface area contributed by atoms with Gasteiger partial charge in [-0.15, -0.1) is 0 Å². The van der Waals surface area contributed by atoms with Crippen LogP contribution in [0.2, 0.25) is 0 Å². The Bertz CT molecular complexity index is 1710. The normalized spacial score (nSPS) is 9.08. The van der Waals surface area contributed by atoms with E-state index >= 15 is 0 Å². The van der Waals surface area contributed by atoms with Gasteiger partial charge >= 0.3 is 0 Å². The molecule has 7 aromatic rings. The molecule has 476 valence electrons. The van der Waals surface area contributed by atoms with Crippen LogP contribution in [0.5, 0.6) is 0 Å². The topological polar surface area (TPSA) is 116 Å². The smallest absolute Gasteiger partial charge is 0.115 e. The number of benzene rings is 1. The van der Waals surface area contributed by atoms with Crippen LogP contribution in [0.1, 0.15) is 233 Å². The number of rotatable bonds is 14. The average Bonchev–Trinajstić information content (AvgIpc) is 3.51. The number of aromatic nitrogens is 9. The lowest BCUT2D eigenvalue weighted by atomic mass is 10.0. The van der Waals surface area contributed by atoms with Crippen LogP contribution < -0.4 is 0 Å². The fourth-order valence-corrected chi connectivity index (χ4v) is 6.57. The number of hydrogen-bond acceptors (Lipinski definition) is 9. The molecule has 9 nitrogen and oxygen atoms in total. The Morgan fingerprint density at radius 1 is 0.250 bits per heavy atom. The van der Waals surface area contributed by atoms with Crippen molar-refractivity contribution in [1.29, 1.82) is 0 Å². The first kappa shape index (κ1) is 91.7. The van der Waals surface area contributed by atoms with Gasteiger partial charge in [-0.1, -0.05) is 236 Å². The Balaban J connectivity index is -0.000000159. The zero-order valence-corrected chi connectivity index (χ0v) is 59.5. The van der Waals surface area contributed by atoms with Crippen molar-refractivity contribution >= 4 is 0 Å². The van der Waals surface area contributed by atoms with E-state index in [1.54, 1.807) is 31.1 Å². The first-order chi connectivity index (χ1) is 40.5. The fourth-order valence-electron chi connectivity index (χ4n) is 6.57. The van der Waals surface area contributed by atoms with E-state index in [2.05, 4.69) is 197 Å². The molecule has 84 heavy (non-hydrogen) atoms. The van der Waals surface area contributed by atoms with Crippen LogP contribution in [0.4, 0.5) is 0 Å². The molecule has 0 aliphatic carbocycles. The van der Waals surface area contributed by atoms with Gasteiger partial charge in [0.05, 0.1) is 11.4 Å². The van der Waals surface area contributed by atoms with E-state index in [0.717, 1.165) is 73.4 Å². The van der Waals surface area contributed by atoms with Crippen LogP contribution in [0.25, 0.3) is 0 Å². The molecule has 0 aliphatic rings. The monoisotopic (exact) mass is 1160 g/mol. The molecular formula is C75H131N9. The Morgan fingerprint density at radius 2 is 0.631 bits per heavy atom. The summed E-state index contributed by atoms with van der Waals surface area (Å²) >= 11 is 0. The largest absolute Gasteiger partial charge is 0.265 e. The quantitative estimate of drug-likeness (QED) is 0.105. The van der Waals surface area contributed by atoms with Crippen LogP contribution in [-0.4, -0.2) is 45.1 Å². The summed E-state index contributed by atoms with van der Waals surface area (Å²) in [5, 5.41) is 7.76. The molecule has 0 radical (unpaired) electrons. The third kappa shape index (κ3) is 70.2. The third-order valence-electron chi connectivity index (χ3n) is 9.33. The lowest BCUT2D eigenvalue weighted by molar-refractivity contribution is 0.628. The zero-order valence-electron chi connectivity index (χ0n) is 59.5. The van der Waals surface area contributed by atoms with Gasteiger partial charge in [0, 0.05) is 73.4 Å². The van der Waals surface area contributed by atoms with Crippen molar-refractivity contribution in [1.82, 2.24) is 45.1 Å². The van der Waals surface area contributed by atoms with E-state index in [1.165, 1.54) is 28.8 Å². The van der Waals surface area contributed by atoms with Gasteiger partial charge in [0.1, 0.15) is 6.33 Å². The van der Waals surface area contributed by atoms with E-state index in [9.17, 15) is 0 Å². The second-order valence-corrected chi connectivity index (χ2v) is 20.3. The molecule has 0 aliphatic heterocycles. The van der Waals surface area contributed by atoms with Crippen molar-refractivity contribution in [3.05, 3.63) is 199 Å². The van der Waals surface area contributed by atoms with Crippen LogP contribution in [0.3, 0.4) is 0 Å². The fraction of sp³-hybridized carbons (Fsp3) is 0.560. The summed E-state index contributed by atoms with van der Waals surface area (Å²) in [6.45, 7) is 58.8. The lowest BCUT2D eigenvalue weighted by Gasteiger charge is -2.02. The second-order valence-electron chi connectivity index (χ2n) is 20.3. The second kappa shape index (κ2) is 73.0. The molecule has 6 aromatic heterocycles. The Labute approximate surface area is 521 Å². The maximum absolute atomic E-state index is 4.22. The molecule has 0 atom stereocenters. The molecule has 6 heterocycles. The average molecular weight is 1160 g/mol. The Kier molecular flexibility index (Phi) is 79.7. The highest BCUT2D eigenvalue weighted by molar-refractivity contribution is 5.15. The molecule has 0 bridgehead atoms. The highest BCUT2D eigenvalue weighted by Gasteiger charge is 2.00. The maximum Gasteiger partial charge on any atom is 0.115 e. The molecule has 0 saturated heterocycles. The number of nitrogens with zero attached hydrogens (tertiary/aromatic N) is 9.